The Bertz CT molecular complexity index is 610. The van der Waals surface area contributed by atoms with Crippen molar-refractivity contribution in [1.29, 1.82) is 0 Å². The summed E-state index contributed by atoms with van der Waals surface area (Å²) in [5.74, 6) is -0.877. The zero-order chi connectivity index (χ0) is 14.0. The molecule has 0 saturated heterocycles. The Morgan fingerprint density at radius 2 is 2.16 bits per heavy atom. The molecule has 0 unspecified atom stereocenters. The molecule has 1 aromatic heterocycles. The number of phenols is 1. The van der Waals surface area contributed by atoms with Crippen LogP contribution in [0.1, 0.15) is 13.8 Å². The van der Waals surface area contributed by atoms with E-state index in [4.69, 9.17) is 5.11 Å². The Kier molecular flexibility index (Phi) is 3.46. The van der Waals surface area contributed by atoms with Gasteiger partial charge in [0.15, 0.2) is 5.82 Å². The monoisotopic (exact) mass is 264 g/mol. The molecule has 6 nitrogen and oxygen atoms in total. The predicted molar refractivity (Wildman–Crippen MR) is 66.9 cm³/mol. The van der Waals surface area contributed by atoms with Gasteiger partial charge in [0.05, 0.1) is 5.56 Å². The van der Waals surface area contributed by atoms with Crippen LogP contribution in [0.4, 0.5) is 10.3 Å². The summed E-state index contributed by atoms with van der Waals surface area (Å²) in [4.78, 5) is 14.2. The molecule has 3 N–H and O–H groups in total. The molecular formula is C12H13FN4O2. The fourth-order valence-corrected chi connectivity index (χ4v) is 1.40. The van der Waals surface area contributed by atoms with Crippen LogP contribution in [0.25, 0.3) is 11.4 Å². The molecule has 0 aliphatic carbocycles. The molecule has 19 heavy (non-hydrogen) atoms. The standard InChI is InChI=1S/C12H13FN4O2/c1-6(2)11(19)15-12-14-10(16-17-12)8-4-3-7(18)5-9(8)13/h3-6,18H,1-2H3,(H2,14,15,16,17,19). The summed E-state index contributed by atoms with van der Waals surface area (Å²) in [6, 6.07) is 3.69. The fourth-order valence-electron chi connectivity index (χ4n) is 1.40. The summed E-state index contributed by atoms with van der Waals surface area (Å²) in [6.45, 7) is 3.48. The topological polar surface area (TPSA) is 90.9 Å². The Morgan fingerprint density at radius 3 is 2.79 bits per heavy atom. The van der Waals surface area contributed by atoms with Gasteiger partial charge in [-0.2, -0.15) is 0 Å². The average molecular weight is 264 g/mol. The van der Waals surface area contributed by atoms with E-state index in [1.807, 2.05) is 0 Å². The zero-order valence-corrected chi connectivity index (χ0v) is 10.4. The van der Waals surface area contributed by atoms with Crippen LogP contribution in [-0.2, 0) is 4.79 Å². The number of carbonyl (C=O) groups is 1. The number of hydrogen-bond donors (Lipinski definition) is 3. The highest BCUT2D eigenvalue weighted by Crippen LogP contribution is 2.23. The molecule has 0 spiro atoms. The van der Waals surface area contributed by atoms with Gasteiger partial charge in [-0.1, -0.05) is 13.8 Å². The number of hydrogen-bond acceptors (Lipinski definition) is 4. The molecule has 1 heterocycles. The molecule has 1 aromatic carbocycles. The van der Waals surface area contributed by atoms with E-state index in [0.717, 1.165) is 6.07 Å². The normalized spacial score (nSPS) is 10.7. The third kappa shape index (κ3) is 2.87. The van der Waals surface area contributed by atoms with Gasteiger partial charge in [-0.05, 0) is 12.1 Å². The molecule has 1 amide bonds. The third-order valence-corrected chi connectivity index (χ3v) is 2.46. The first kappa shape index (κ1) is 13.0. The van der Waals surface area contributed by atoms with Crippen LogP contribution in [0.15, 0.2) is 18.2 Å². The summed E-state index contributed by atoms with van der Waals surface area (Å²) >= 11 is 0. The quantitative estimate of drug-likeness (QED) is 0.789. The second-order valence-electron chi connectivity index (χ2n) is 4.33. The van der Waals surface area contributed by atoms with E-state index in [2.05, 4.69) is 20.5 Å². The smallest absolute Gasteiger partial charge is 0.229 e. The lowest BCUT2D eigenvalue weighted by molar-refractivity contribution is -0.118. The van der Waals surface area contributed by atoms with Gasteiger partial charge in [-0.15, -0.1) is 10.2 Å². The first-order chi connectivity index (χ1) is 8.97. The van der Waals surface area contributed by atoms with Crippen LogP contribution in [-0.4, -0.2) is 26.2 Å². The highest BCUT2D eigenvalue weighted by molar-refractivity contribution is 5.90. The number of nitrogens with zero attached hydrogens (tertiary/aromatic N) is 2. The second kappa shape index (κ2) is 5.05. The summed E-state index contributed by atoms with van der Waals surface area (Å²) in [7, 11) is 0. The van der Waals surface area contributed by atoms with Gasteiger partial charge in [-0.25, -0.2) is 4.39 Å². The van der Waals surface area contributed by atoms with E-state index in [0.29, 0.717) is 0 Å². The Balaban J connectivity index is 2.23. The number of anilines is 1. The number of benzene rings is 1. The summed E-state index contributed by atoms with van der Waals surface area (Å²) in [6.07, 6.45) is 0. The maximum absolute atomic E-state index is 13.6. The number of aromatic hydroxyl groups is 1. The number of H-pyrrole nitrogens is 1. The number of rotatable bonds is 3. The summed E-state index contributed by atoms with van der Waals surface area (Å²) in [5.41, 5.74) is 0.162. The predicted octanol–water partition coefficient (Wildman–Crippen LogP) is 1.91. The van der Waals surface area contributed by atoms with Crippen LogP contribution in [0.3, 0.4) is 0 Å². The minimum Gasteiger partial charge on any atom is -0.508 e. The van der Waals surface area contributed by atoms with E-state index in [1.165, 1.54) is 12.1 Å². The van der Waals surface area contributed by atoms with Gasteiger partial charge < -0.3 is 10.1 Å². The van der Waals surface area contributed by atoms with E-state index in [9.17, 15) is 9.18 Å². The van der Waals surface area contributed by atoms with Gasteiger partial charge in [0.2, 0.25) is 11.9 Å². The largest absolute Gasteiger partial charge is 0.508 e. The molecule has 0 aliphatic heterocycles. The number of halogens is 1. The van der Waals surface area contributed by atoms with E-state index >= 15 is 0 Å². The van der Waals surface area contributed by atoms with Crippen molar-refractivity contribution in [3.05, 3.63) is 24.0 Å². The molecule has 0 atom stereocenters. The summed E-state index contributed by atoms with van der Waals surface area (Å²) < 4.78 is 13.6. The van der Waals surface area contributed by atoms with Crippen LogP contribution in [0, 0.1) is 11.7 Å². The average Bonchev–Trinajstić information content (AvgIpc) is 2.77. The third-order valence-electron chi connectivity index (χ3n) is 2.46. The van der Waals surface area contributed by atoms with Crippen molar-refractivity contribution < 1.29 is 14.3 Å². The lowest BCUT2D eigenvalue weighted by atomic mass is 10.2. The number of aromatic amines is 1. The molecule has 0 saturated carbocycles. The Labute approximate surface area is 108 Å². The van der Waals surface area contributed by atoms with Crippen molar-refractivity contribution in [2.24, 2.45) is 5.92 Å². The molecular weight excluding hydrogens is 251 g/mol. The van der Waals surface area contributed by atoms with Gasteiger partial charge in [0.25, 0.3) is 0 Å². The number of nitrogens with one attached hydrogen (secondary N) is 2. The molecule has 0 bridgehead atoms. The highest BCUT2D eigenvalue weighted by atomic mass is 19.1. The number of carbonyl (C=O) groups excluding carboxylic acids is 1. The fraction of sp³-hybridized carbons (Fsp3) is 0.250. The van der Waals surface area contributed by atoms with Gasteiger partial charge in [-0.3, -0.25) is 10.1 Å². The molecule has 0 radical (unpaired) electrons. The highest BCUT2D eigenvalue weighted by Gasteiger charge is 2.13. The molecule has 100 valence electrons. The van der Waals surface area contributed by atoms with Gasteiger partial charge in [0.1, 0.15) is 11.6 Å². The Morgan fingerprint density at radius 1 is 1.42 bits per heavy atom. The molecule has 0 aliphatic rings. The van der Waals surface area contributed by atoms with Gasteiger partial charge in [0, 0.05) is 12.0 Å². The molecule has 2 rings (SSSR count). The maximum Gasteiger partial charge on any atom is 0.229 e. The molecule has 2 aromatic rings. The first-order valence-electron chi connectivity index (χ1n) is 5.70. The van der Waals surface area contributed by atoms with E-state index < -0.39 is 5.82 Å². The number of phenolic OH excluding ortho intramolecular Hbond substituents is 1. The molecule has 0 fully saturated rings. The lowest BCUT2D eigenvalue weighted by Gasteiger charge is -2.03. The van der Waals surface area contributed by atoms with Crippen molar-refractivity contribution >= 4 is 11.9 Å². The zero-order valence-electron chi connectivity index (χ0n) is 10.4. The SMILES string of the molecule is CC(C)C(=O)Nc1nnc(-c2ccc(O)cc2F)[nH]1. The van der Waals surface area contributed by atoms with Crippen molar-refractivity contribution in [3.63, 3.8) is 0 Å². The first-order valence-corrected chi connectivity index (χ1v) is 5.70. The Hall–Kier alpha value is -2.44. The minimum atomic E-state index is -0.627. The van der Waals surface area contributed by atoms with E-state index in [1.54, 1.807) is 13.8 Å². The van der Waals surface area contributed by atoms with Crippen molar-refractivity contribution in [1.82, 2.24) is 15.2 Å². The van der Waals surface area contributed by atoms with Crippen LogP contribution >= 0.6 is 0 Å². The van der Waals surface area contributed by atoms with Crippen LogP contribution < -0.4 is 5.32 Å². The lowest BCUT2D eigenvalue weighted by Crippen LogP contribution is -2.18. The summed E-state index contributed by atoms with van der Waals surface area (Å²) in [5, 5.41) is 19.1. The van der Waals surface area contributed by atoms with Crippen molar-refractivity contribution in [2.45, 2.75) is 13.8 Å². The van der Waals surface area contributed by atoms with Crippen molar-refractivity contribution in [3.8, 4) is 17.1 Å². The number of aromatic nitrogens is 3. The molecule has 7 heteroatoms. The maximum atomic E-state index is 13.6. The van der Waals surface area contributed by atoms with Crippen molar-refractivity contribution in [2.75, 3.05) is 5.32 Å². The van der Waals surface area contributed by atoms with Crippen LogP contribution in [0.2, 0.25) is 0 Å². The van der Waals surface area contributed by atoms with Crippen LogP contribution in [0.5, 0.6) is 5.75 Å². The minimum absolute atomic E-state index is 0.154. The van der Waals surface area contributed by atoms with Gasteiger partial charge >= 0.3 is 0 Å². The number of amides is 1. The van der Waals surface area contributed by atoms with E-state index in [-0.39, 0.29) is 34.9 Å². The second-order valence-corrected chi connectivity index (χ2v) is 4.33.